The summed E-state index contributed by atoms with van der Waals surface area (Å²) in [4.78, 5) is 12.3. The lowest BCUT2D eigenvalue weighted by molar-refractivity contribution is 0.0941. The minimum Gasteiger partial charge on any atom is -0.396 e. The molecule has 20 heavy (non-hydrogen) atoms. The van der Waals surface area contributed by atoms with Crippen LogP contribution in [0.15, 0.2) is 0 Å². The van der Waals surface area contributed by atoms with Crippen LogP contribution in [0, 0.1) is 18.8 Å². The lowest BCUT2D eigenvalue weighted by atomic mass is 9.94. The van der Waals surface area contributed by atoms with Gasteiger partial charge >= 0.3 is 0 Å². The van der Waals surface area contributed by atoms with Crippen molar-refractivity contribution in [2.75, 3.05) is 25.5 Å². The maximum absolute atomic E-state index is 12.3. The number of aliphatic hydroxyl groups is 1. The number of nitrogens with one attached hydrogen (secondary N) is 2. The predicted molar refractivity (Wildman–Crippen MR) is 83.4 cm³/mol. The van der Waals surface area contributed by atoms with Crippen LogP contribution in [-0.2, 0) is 0 Å². The lowest BCUT2D eigenvalue weighted by Crippen LogP contribution is -2.31. The zero-order valence-corrected chi connectivity index (χ0v) is 13.5. The van der Waals surface area contributed by atoms with E-state index in [0.717, 1.165) is 23.5 Å². The van der Waals surface area contributed by atoms with Gasteiger partial charge in [-0.15, -0.1) is 0 Å². The SMILES string of the molecule is CNc1snc(C)c1C(=O)NCC(CCO)CC(C)C. The van der Waals surface area contributed by atoms with Gasteiger partial charge in [-0.25, -0.2) is 0 Å². The van der Waals surface area contributed by atoms with Gasteiger partial charge in [0.1, 0.15) is 5.00 Å². The fraction of sp³-hybridized carbons (Fsp3) is 0.714. The molecule has 1 unspecified atom stereocenters. The molecule has 0 saturated heterocycles. The molecule has 1 atom stereocenters. The first-order valence-corrected chi connectivity index (χ1v) is 7.80. The van der Waals surface area contributed by atoms with Gasteiger partial charge in [0.25, 0.3) is 5.91 Å². The Balaban J connectivity index is 2.62. The van der Waals surface area contributed by atoms with Crippen LogP contribution < -0.4 is 10.6 Å². The molecule has 0 bridgehead atoms. The van der Waals surface area contributed by atoms with Crippen molar-refractivity contribution in [3.8, 4) is 0 Å². The van der Waals surface area contributed by atoms with E-state index in [1.54, 1.807) is 7.05 Å². The van der Waals surface area contributed by atoms with Gasteiger partial charge in [-0.1, -0.05) is 13.8 Å². The van der Waals surface area contributed by atoms with Crippen LogP contribution in [0.1, 0.15) is 42.7 Å². The van der Waals surface area contributed by atoms with E-state index >= 15 is 0 Å². The average molecular weight is 299 g/mol. The van der Waals surface area contributed by atoms with Crippen LogP contribution in [0.3, 0.4) is 0 Å². The molecule has 1 rings (SSSR count). The Labute approximate surface area is 125 Å². The third-order valence-corrected chi connectivity index (χ3v) is 4.17. The first-order valence-electron chi connectivity index (χ1n) is 7.02. The van der Waals surface area contributed by atoms with Crippen LogP contribution >= 0.6 is 11.5 Å². The summed E-state index contributed by atoms with van der Waals surface area (Å²) in [5.74, 6) is 0.780. The van der Waals surface area contributed by atoms with Crippen molar-refractivity contribution in [2.24, 2.45) is 11.8 Å². The summed E-state index contributed by atoms with van der Waals surface area (Å²) in [6.45, 7) is 6.89. The van der Waals surface area contributed by atoms with Crippen molar-refractivity contribution in [3.05, 3.63) is 11.3 Å². The second-order valence-electron chi connectivity index (χ2n) is 5.44. The normalized spacial score (nSPS) is 12.5. The van der Waals surface area contributed by atoms with Crippen LogP contribution in [0.2, 0.25) is 0 Å². The fourth-order valence-corrected chi connectivity index (χ4v) is 3.03. The van der Waals surface area contributed by atoms with Crippen molar-refractivity contribution in [1.82, 2.24) is 9.69 Å². The highest BCUT2D eigenvalue weighted by Gasteiger charge is 2.19. The number of carbonyl (C=O) groups is 1. The summed E-state index contributed by atoms with van der Waals surface area (Å²) in [7, 11) is 1.79. The molecule has 1 aromatic heterocycles. The average Bonchev–Trinajstić information content (AvgIpc) is 2.76. The summed E-state index contributed by atoms with van der Waals surface area (Å²) >= 11 is 1.30. The Morgan fingerprint density at radius 1 is 1.45 bits per heavy atom. The Hall–Kier alpha value is -1.14. The quantitative estimate of drug-likeness (QED) is 0.688. The number of aliphatic hydroxyl groups excluding tert-OH is 1. The van der Waals surface area contributed by atoms with E-state index in [-0.39, 0.29) is 12.5 Å². The molecule has 0 radical (unpaired) electrons. The summed E-state index contributed by atoms with van der Waals surface area (Å²) in [6.07, 6.45) is 1.72. The number of aromatic nitrogens is 1. The highest BCUT2D eigenvalue weighted by atomic mass is 32.1. The zero-order chi connectivity index (χ0) is 15.1. The molecule has 3 N–H and O–H groups in total. The van der Waals surface area contributed by atoms with Gasteiger partial charge in [-0.3, -0.25) is 4.79 Å². The molecule has 1 amide bonds. The molecule has 0 aliphatic rings. The molecule has 0 fully saturated rings. The fourth-order valence-electron chi connectivity index (χ4n) is 2.29. The van der Waals surface area contributed by atoms with E-state index in [1.165, 1.54) is 11.5 Å². The molecule has 0 aromatic carbocycles. The molecule has 6 heteroatoms. The summed E-state index contributed by atoms with van der Waals surface area (Å²) < 4.78 is 4.20. The van der Waals surface area contributed by atoms with E-state index in [9.17, 15) is 4.79 Å². The Kier molecular flexibility index (Phi) is 6.95. The van der Waals surface area contributed by atoms with Crippen molar-refractivity contribution in [1.29, 1.82) is 0 Å². The Bertz CT molecular complexity index is 432. The first-order chi connectivity index (χ1) is 9.49. The minimum absolute atomic E-state index is 0.0905. The van der Waals surface area contributed by atoms with Crippen molar-refractivity contribution in [3.63, 3.8) is 0 Å². The van der Waals surface area contributed by atoms with E-state index in [4.69, 9.17) is 5.11 Å². The van der Waals surface area contributed by atoms with Gasteiger partial charge < -0.3 is 15.7 Å². The standard InChI is InChI=1S/C14H25N3O2S/c1-9(2)7-11(5-6-18)8-16-13(19)12-10(3)17-20-14(12)15-4/h9,11,15,18H,5-8H2,1-4H3,(H,16,19). The van der Waals surface area contributed by atoms with E-state index in [1.807, 2.05) is 6.92 Å². The summed E-state index contributed by atoms with van der Waals surface area (Å²) in [5.41, 5.74) is 1.38. The molecule has 1 heterocycles. The first kappa shape index (κ1) is 16.9. The van der Waals surface area contributed by atoms with Crippen LogP contribution in [0.4, 0.5) is 5.00 Å². The number of nitrogens with zero attached hydrogens (tertiary/aromatic N) is 1. The van der Waals surface area contributed by atoms with Crippen molar-refractivity contribution < 1.29 is 9.90 Å². The second kappa shape index (κ2) is 8.21. The number of rotatable bonds is 8. The van der Waals surface area contributed by atoms with Gasteiger partial charge in [-0.2, -0.15) is 4.37 Å². The van der Waals surface area contributed by atoms with Crippen LogP contribution in [-0.4, -0.2) is 35.6 Å². The summed E-state index contributed by atoms with van der Waals surface area (Å²) in [6, 6.07) is 0. The number of carbonyl (C=O) groups excluding carboxylic acids is 1. The Morgan fingerprint density at radius 2 is 2.15 bits per heavy atom. The Morgan fingerprint density at radius 3 is 2.70 bits per heavy atom. The molecule has 114 valence electrons. The molecule has 0 aliphatic heterocycles. The van der Waals surface area contributed by atoms with Crippen molar-refractivity contribution >= 4 is 22.4 Å². The highest BCUT2D eigenvalue weighted by Crippen LogP contribution is 2.23. The van der Waals surface area contributed by atoms with Gasteiger partial charge in [0.05, 0.1) is 11.3 Å². The van der Waals surface area contributed by atoms with Gasteiger partial charge in [-0.05, 0) is 43.1 Å². The molecule has 0 saturated carbocycles. The number of hydrogen-bond donors (Lipinski definition) is 3. The maximum Gasteiger partial charge on any atom is 0.256 e. The van der Waals surface area contributed by atoms with Crippen LogP contribution in [0.25, 0.3) is 0 Å². The number of anilines is 1. The third-order valence-electron chi connectivity index (χ3n) is 3.21. The number of aryl methyl sites for hydroxylation is 1. The summed E-state index contributed by atoms with van der Waals surface area (Å²) in [5, 5.41) is 15.9. The molecular weight excluding hydrogens is 274 g/mol. The minimum atomic E-state index is -0.0905. The smallest absolute Gasteiger partial charge is 0.256 e. The van der Waals surface area contributed by atoms with E-state index in [0.29, 0.717) is 23.9 Å². The third kappa shape index (κ3) is 4.76. The van der Waals surface area contributed by atoms with E-state index in [2.05, 4.69) is 28.9 Å². The van der Waals surface area contributed by atoms with Crippen molar-refractivity contribution in [2.45, 2.75) is 33.6 Å². The molecule has 0 spiro atoms. The number of hydrogen-bond acceptors (Lipinski definition) is 5. The monoisotopic (exact) mass is 299 g/mol. The van der Waals surface area contributed by atoms with Gasteiger partial charge in [0.15, 0.2) is 0 Å². The largest absolute Gasteiger partial charge is 0.396 e. The topological polar surface area (TPSA) is 74.2 Å². The molecule has 5 nitrogen and oxygen atoms in total. The maximum atomic E-state index is 12.3. The number of amides is 1. The molecule has 1 aromatic rings. The van der Waals surface area contributed by atoms with Gasteiger partial charge in [0.2, 0.25) is 0 Å². The van der Waals surface area contributed by atoms with Gasteiger partial charge in [0, 0.05) is 20.2 Å². The predicted octanol–water partition coefficient (Wildman–Crippen LogP) is 2.27. The zero-order valence-electron chi connectivity index (χ0n) is 12.7. The lowest BCUT2D eigenvalue weighted by Gasteiger charge is -2.18. The second-order valence-corrected chi connectivity index (χ2v) is 6.21. The molecule has 0 aliphatic carbocycles. The van der Waals surface area contributed by atoms with Crippen LogP contribution in [0.5, 0.6) is 0 Å². The highest BCUT2D eigenvalue weighted by molar-refractivity contribution is 7.10. The molecular formula is C14H25N3O2S. The van der Waals surface area contributed by atoms with E-state index < -0.39 is 0 Å².